The van der Waals surface area contributed by atoms with E-state index < -0.39 is 5.97 Å². The number of methoxy groups -OCH3 is 2. The topological polar surface area (TPSA) is 52.6 Å². The van der Waals surface area contributed by atoms with E-state index in [1.54, 1.807) is 43.1 Å². The molecule has 0 N–H and O–H groups in total. The lowest BCUT2D eigenvalue weighted by atomic mass is 9.98. The smallest absolute Gasteiger partial charge is 0.338 e. The van der Waals surface area contributed by atoms with Crippen molar-refractivity contribution in [2.45, 2.75) is 17.4 Å². The maximum Gasteiger partial charge on any atom is 0.338 e. The number of carbonyl (C=O) groups excluding carboxylic acids is 2. The number of halogens is 1. The molecule has 0 unspecified atom stereocenters. The maximum atomic E-state index is 13.2. The van der Waals surface area contributed by atoms with Crippen LogP contribution in [0.2, 0.25) is 0 Å². The number of ether oxygens (including phenoxy) is 2. The first-order valence-electron chi connectivity index (χ1n) is 9.72. The standard InChI is InChI=1S/C25H23BrO4S/c1-29-20-12-10-17(11-13-20)16-31-24(18-6-5-7-19(26)14-18)15-23(27)21-8-3-4-9-22(21)25(28)30-2/h3-14,24H,15-16H2,1-2H3/t24-/m1/s1. The minimum atomic E-state index is -0.506. The molecule has 6 heteroatoms. The van der Waals surface area contributed by atoms with E-state index in [0.717, 1.165) is 27.1 Å². The zero-order valence-electron chi connectivity index (χ0n) is 17.3. The van der Waals surface area contributed by atoms with Gasteiger partial charge in [0.25, 0.3) is 0 Å². The number of carbonyl (C=O) groups is 2. The third-order valence-electron chi connectivity index (χ3n) is 4.83. The molecule has 3 rings (SSSR count). The van der Waals surface area contributed by atoms with E-state index in [4.69, 9.17) is 9.47 Å². The van der Waals surface area contributed by atoms with Crippen LogP contribution in [0.25, 0.3) is 0 Å². The molecule has 0 radical (unpaired) electrons. The molecule has 0 fully saturated rings. The van der Waals surface area contributed by atoms with Crippen LogP contribution in [0.15, 0.2) is 77.3 Å². The Morgan fingerprint density at radius 1 is 0.935 bits per heavy atom. The molecule has 0 amide bonds. The highest BCUT2D eigenvalue weighted by Gasteiger charge is 2.22. The quantitative estimate of drug-likeness (QED) is 0.249. The van der Waals surface area contributed by atoms with Gasteiger partial charge in [0.05, 0.1) is 19.8 Å². The van der Waals surface area contributed by atoms with Gasteiger partial charge in [-0.25, -0.2) is 4.79 Å². The zero-order valence-corrected chi connectivity index (χ0v) is 19.7. The summed E-state index contributed by atoms with van der Waals surface area (Å²) < 4.78 is 11.0. The molecule has 4 nitrogen and oxygen atoms in total. The number of Topliss-reactive ketones (excluding diaryl/α,β-unsaturated/α-hetero) is 1. The van der Waals surface area contributed by atoms with E-state index in [0.29, 0.717) is 11.1 Å². The van der Waals surface area contributed by atoms with Crippen LogP contribution in [-0.4, -0.2) is 26.0 Å². The van der Waals surface area contributed by atoms with Gasteiger partial charge < -0.3 is 9.47 Å². The second-order valence-corrected chi connectivity index (χ2v) is 8.97. The molecular weight excluding hydrogens is 476 g/mol. The monoisotopic (exact) mass is 498 g/mol. The molecule has 1 atom stereocenters. The van der Waals surface area contributed by atoms with Crippen LogP contribution in [0.5, 0.6) is 5.75 Å². The van der Waals surface area contributed by atoms with Crippen molar-refractivity contribution in [1.82, 2.24) is 0 Å². The Labute approximate surface area is 195 Å². The van der Waals surface area contributed by atoms with Crippen molar-refractivity contribution in [2.24, 2.45) is 0 Å². The van der Waals surface area contributed by atoms with Crippen molar-refractivity contribution < 1.29 is 19.1 Å². The first kappa shape index (κ1) is 23.1. The van der Waals surface area contributed by atoms with Crippen LogP contribution < -0.4 is 4.74 Å². The first-order chi connectivity index (χ1) is 15.0. The van der Waals surface area contributed by atoms with Gasteiger partial charge in [0.2, 0.25) is 0 Å². The number of hydrogen-bond acceptors (Lipinski definition) is 5. The normalized spacial score (nSPS) is 11.6. The van der Waals surface area contributed by atoms with Gasteiger partial charge in [-0.15, -0.1) is 11.8 Å². The second kappa shape index (κ2) is 11.2. The minimum absolute atomic E-state index is 0.0715. The van der Waals surface area contributed by atoms with Crippen LogP contribution in [-0.2, 0) is 10.5 Å². The molecule has 31 heavy (non-hydrogen) atoms. The Bertz CT molecular complexity index is 1050. The Morgan fingerprint density at radius 3 is 2.29 bits per heavy atom. The van der Waals surface area contributed by atoms with Crippen molar-refractivity contribution >= 4 is 39.4 Å². The van der Waals surface area contributed by atoms with Crippen molar-refractivity contribution in [2.75, 3.05) is 14.2 Å². The summed E-state index contributed by atoms with van der Waals surface area (Å²) in [5.74, 6) is 0.960. The Hall–Kier alpha value is -2.57. The van der Waals surface area contributed by atoms with E-state index in [-0.39, 0.29) is 17.5 Å². The van der Waals surface area contributed by atoms with E-state index in [1.165, 1.54) is 7.11 Å². The number of hydrogen-bond donors (Lipinski definition) is 0. The van der Waals surface area contributed by atoms with E-state index >= 15 is 0 Å². The second-order valence-electron chi connectivity index (χ2n) is 6.87. The van der Waals surface area contributed by atoms with Crippen molar-refractivity contribution in [3.8, 4) is 5.75 Å². The molecule has 0 saturated carbocycles. The molecule has 3 aromatic carbocycles. The van der Waals surface area contributed by atoms with Gasteiger partial charge >= 0.3 is 5.97 Å². The summed E-state index contributed by atoms with van der Waals surface area (Å²) >= 11 is 5.22. The van der Waals surface area contributed by atoms with Crippen LogP contribution in [0, 0.1) is 0 Å². The number of esters is 1. The van der Waals surface area contributed by atoms with Gasteiger partial charge in [0.1, 0.15) is 5.75 Å². The average molecular weight is 499 g/mol. The van der Waals surface area contributed by atoms with Gasteiger partial charge in [-0.2, -0.15) is 0 Å². The van der Waals surface area contributed by atoms with Crippen molar-refractivity contribution in [3.63, 3.8) is 0 Å². The highest BCUT2D eigenvalue weighted by Crippen LogP contribution is 2.37. The summed E-state index contributed by atoms with van der Waals surface area (Å²) in [6.45, 7) is 0. The van der Waals surface area contributed by atoms with Crippen LogP contribution >= 0.6 is 27.7 Å². The summed E-state index contributed by atoms with van der Waals surface area (Å²) in [6.07, 6.45) is 0.269. The maximum absolute atomic E-state index is 13.2. The lowest BCUT2D eigenvalue weighted by Gasteiger charge is -2.18. The fourth-order valence-electron chi connectivity index (χ4n) is 3.19. The van der Waals surface area contributed by atoms with Gasteiger partial charge in [-0.3, -0.25) is 4.79 Å². The van der Waals surface area contributed by atoms with E-state index in [2.05, 4.69) is 15.9 Å². The minimum Gasteiger partial charge on any atom is -0.497 e. The lowest BCUT2D eigenvalue weighted by molar-refractivity contribution is 0.0597. The van der Waals surface area contributed by atoms with E-state index in [9.17, 15) is 9.59 Å². The highest BCUT2D eigenvalue weighted by atomic mass is 79.9. The zero-order chi connectivity index (χ0) is 22.2. The Morgan fingerprint density at radius 2 is 1.65 bits per heavy atom. The SMILES string of the molecule is COC(=O)c1ccccc1C(=O)C[C@@H](SCc1ccc(OC)cc1)c1cccc(Br)c1. The number of benzene rings is 3. The summed E-state index contributed by atoms with van der Waals surface area (Å²) in [6, 6.07) is 22.7. The predicted octanol–water partition coefficient (Wildman–Crippen LogP) is 6.49. The first-order valence-corrected chi connectivity index (χ1v) is 11.6. The van der Waals surface area contributed by atoms with Crippen molar-refractivity contribution in [3.05, 3.63) is 99.5 Å². The third-order valence-corrected chi connectivity index (χ3v) is 6.67. The molecule has 0 aromatic heterocycles. The molecule has 0 bridgehead atoms. The fraction of sp³-hybridized carbons (Fsp3) is 0.200. The highest BCUT2D eigenvalue weighted by molar-refractivity contribution is 9.10. The molecular formula is C25H23BrO4S. The lowest BCUT2D eigenvalue weighted by Crippen LogP contribution is -2.12. The Kier molecular flexibility index (Phi) is 8.32. The van der Waals surface area contributed by atoms with Gasteiger partial charge in [-0.1, -0.05) is 58.4 Å². The summed E-state index contributed by atoms with van der Waals surface area (Å²) in [7, 11) is 2.96. The van der Waals surface area contributed by atoms with Gasteiger partial charge in [0, 0.05) is 27.5 Å². The third kappa shape index (κ3) is 6.21. The summed E-state index contributed by atoms with van der Waals surface area (Å²) in [5.41, 5.74) is 2.88. The van der Waals surface area contributed by atoms with Crippen molar-refractivity contribution in [1.29, 1.82) is 0 Å². The Balaban J connectivity index is 1.83. The predicted molar refractivity (Wildman–Crippen MR) is 128 cm³/mol. The van der Waals surface area contributed by atoms with Crippen LogP contribution in [0.3, 0.4) is 0 Å². The molecule has 3 aromatic rings. The molecule has 0 saturated heterocycles. The van der Waals surface area contributed by atoms with Gasteiger partial charge in [0.15, 0.2) is 5.78 Å². The van der Waals surface area contributed by atoms with Gasteiger partial charge in [-0.05, 0) is 41.5 Å². The summed E-state index contributed by atoms with van der Waals surface area (Å²) in [5, 5.41) is -0.0715. The molecule has 160 valence electrons. The molecule has 0 aliphatic rings. The number of ketones is 1. The average Bonchev–Trinajstić information content (AvgIpc) is 2.81. The molecule has 0 aliphatic heterocycles. The molecule has 0 heterocycles. The van der Waals surface area contributed by atoms with Crippen LogP contribution in [0.1, 0.15) is 43.5 Å². The number of thioether (sulfide) groups is 1. The summed E-state index contributed by atoms with van der Waals surface area (Å²) in [4.78, 5) is 25.3. The fourth-order valence-corrected chi connectivity index (χ4v) is 4.80. The molecule has 0 spiro atoms. The van der Waals surface area contributed by atoms with Crippen LogP contribution in [0.4, 0.5) is 0 Å². The largest absolute Gasteiger partial charge is 0.497 e. The molecule has 0 aliphatic carbocycles. The number of rotatable bonds is 9. The van der Waals surface area contributed by atoms with E-state index in [1.807, 2.05) is 48.5 Å².